The smallest absolute Gasteiger partial charge is 0.150 e. The lowest BCUT2D eigenvalue weighted by molar-refractivity contribution is -0.0197. The fraction of sp³-hybridized carbons (Fsp3) is 1.00. The van der Waals surface area contributed by atoms with Gasteiger partial charge >= 0.3 is 0 Å². The second kappa shape index (κ2) is 6.10. The Balaban J connectivity index is 2.79. The molecular formula is C14H29NO3S. The van der Waals surface area contributed by atoms with Crippen molar-refractivity contribution < 1.29 is 13.2 Å². The van der Waals surface area contributed by atoms with Crippen molar-refractivity contribution in [3.63, 3.8) is 0 Å². The number of methoxy groups -OCH3 is 1. The fourth-order valence-electron chi connectivity index (χ4n) is 3.25. The van der Waals surface area contributed by atoms with Crippen LogP contribution in [0.1, 0.15) is 46.5 Å². The molecule has 114 valence electrons. The Kier molecular flexibility index (Phi) is 5.43. The van der Waals surface area contributed by atoms with Crippen molar-refractivity contribution in [3.8, 4) is 0 Å². The number of ether oxygens (including phenoxy) is 1. The van der Waals surface area contributed by atoms with E-state index in [9.17, 15) is 8.42 Å². The van der Waals surface area contributed by atoms with Gasteiger partial charge in [0, 0.05) is 19.4 Å². The molecule has 1 aliphatic carbocycles. The Morgan fingerprint density at radius 3 is 2.26 bits per heavy atom. The Bertz CT molecular complexity index is 386. The molecule has 0 bridgehead atoms. The number of hydrogen-bond acceptors (Lipinski definition) is 4. The monoisotopic (exact) mass is 291 g/mol. The van der Waals surface area contributed by atoms with Gasteiger partial charge in [0.15, 0.2) is 0 Å². The molecule has 19 heavy (non-hydrogen) atoms. The first-order chi connectivity index (χ1) is 8.57. The molecule has 0 aromatic carbocycles. The quantitative estimate of drug-likeness (QED) is 0.860. The summed E-state index contributed by atoms with van der Waals surface area (Å²) in [6.45, 7) is 6.33. The first-order valence-electron chi connectivity index (χ1n) is 7.04. The molecule has 0 aliphatic heterocycles. The molecule has 0 saturated heterocycles. The van der Waals surface area contributed by atoms with E-state index < -0.39 is 9.84 Å². The molecule has 4 nitrogen and oxygen atoms in total. The maximum Gasteiger partial charge on any atom is 0.150 e. The summed E-state index contributed by atoms with van der Waals surface area (Å²) in [7, 11) is -1.27. The lowest BCUT2D eigenvalue weighted by atomic mass is 9.75. The fourth-order valence-corrected chi connectivity index (χ4v) is 4.45. The minimum atomic E-state index is -2.96. The molecule has 4 atom stereocenters. The van der Waals surface area contributed by atoms with Gasteiger partial charge in [0.25, 0.3) is 0 Å². The molecule has 0 spiro atoms. The van der Waals surface area contributed by atoms with Gasteiger partial charge in [0.1, 0.15) is 9.84 Å². The summed E-state index contributed by atoms with van der Waals surface area (Å²) < 4.78 is 29.0. The average Bonchev–Trinajstić information content (AvgIpc) is 2.27. The van der Waals surface area contributed by atoms with E-state index in [0.717, 1.165) is 19.3 Å². The van der Waals surface area contributed by atoms with Crippen LogP contribution in [0, 0.1) is 11.3 Å². The molecule has 0 aromatic rings. The van der Waals surface area contributed by atoms with Crippen molar-refractivity contribution in [1.29, 1.82) is 0 Å². The van der Waals surface area contributed by atoms with E-state index in [-0.39, 0.29) is 28.7 Å². The molecule has 2 N–H and O–H groups in total. The molecule has 0 aromatic heterocycles. The van der Waals surface area contributed by atoms with Crippen molar-refractivity contribution >= 4 is 9.84 Å². The van der Waals surface area contributed by atoms with E-state index in [1.807, 2.05) is 0 Å². The van der Waals surface area contributed by atoms with Gasteiger partial charge in [-0.3, -0.25) is 0 Å². The molecule has 5 heteroatoms. The van der Waals surface area contributed by atoms with Crippen molar-refractivity contribution in [2.75, 3.05) is 13.4 Å². The largest absolute Gasteiger partial charge is 0.379 e. The average molecular weight is 291 g/mol. The highest BCUT2D eigenvalue weighted by Crippen LogP contribution is 2.35. The summed E-state index contributed by atoms with van der Waals surface area (Å²) in [4.78, 5) is 0. The van der Waals surface area contributed by atoms with E-state index in [2.05, 4.69) is 20.8 Å². The van der Waals surface area contributed by atoms with Crippen molar-refractivity contribution in [2.24, 2.45) is 17.1 Å². The summed E-state index contributed by atoms with van der Waals surface area (Å²) in [5, 5.41) is -0.227. The topological polar surface area (TPSA) is 69.4 Å². The van der Waals surface area contributed by atoms with Gasteiger partial charge in [-0.15, -0.1) is 0 Å². The Morgan fingerprint density at radius 1 is 1.26 bits per heavy atom. The molecule has 1 saturated carbocycles. The lowest BCUT2D eigenvalue weighted by Crippen LogP contribution is -2.50. The minimum absolute atomic E-state index is 0.0355. The zero-order valence-electron chi connectivity index (χ0n) is 12.8. The zero-order valence-corrected chi connectivity index (χ0v) is 13.7. The van der Waals surface area contributed by atoms with Crippen LogP contribution < -0.4 is 5.73 Å². The Labute approximate surface area is 118 Å². The third-order valence-corrected chi connectivity index (χ3v) is 5.91. The predicted octanol–water partition coefficient (Wildman–Crippen LogP) is 1.98. The van der Waals surface area contributed by atoms with Crippen molar-refractivity contribution in [2.45, 2.75) is 63.9 Å². The van der Waals surface area contributed by atoms with E-state index in [4.69, 9.17) is 10.5 Å². The van der Waals surface area contributed by atoms with Crippen LogP contribution in [0.2, 0.25) is 0 Å². The highest BCUT2D eigenvalue weighted by molar-refractivity contribution is 7.91. The summed E-state index contributed by atoms with van der Waals surface area (Å²) in [5.41, 5.74) is 6.34. The summed E-state index contributed by atoms with van der Waals surface area (Å²) in [5.74, 6) is 0.234. The molecule has 1 fully saturated rings. The zero-order chi connectivity index (χ0) is 14.8. The third-order valence-electron chi connectivity index (χ3n) is 4.27. The summed E-state index contributed by atoms with van der Waals surface area (Å²) in [6.07, 6.45) is 4.68. The maximum atomic E-state index is 11.7. The predicted molar refractivity (Wildman–Crippen MR) is 78.8 cm³/mol. The van der Waals surface area contributed by atoms with Crippen LogP contribution in [0.3, 0.4) is 0 Å². The van der Waals surface area contributed by atoms with Crippen LogP contribution in [0.15, 0.2) is 0 Å². The maximum absolute atomic E-state index is 11.7. The second-order valence-corrected chi connectivity index (χ2v) is 9.30. The van der Waals surface area contributed by atoms with Gasteiger partial charge in [-0.1, -0.05) is 27.2 Å². The molecule has 0 amide bonds. The number of sulfone groups is 1. The third kappa shape index (κ3) is 4.43. The van der Waals surface area contributed by atoms with Crippen LogP contribution in [0.5, 0.6) is 0 Å². The molecule has 1 aliphatic rings. The van der Waals surface area contributed by atoms with Gasteiger partial charge in [-0.2, -0.15) is 0 Å². The van der Waals surface area contributed by atoms with Gasteiger partial charge in [0.05, 0.1) is 11.4 Å². The summed E-state index contributed by atoms with van der Waals surface area (Å²) in [6, 6.07) is -0.102. The Morgan fingerprint density at radius 2 is 1.84 bits per heavy atom. The van der Waals surface area contributed by atoms with Gasteiger partial charge < -0.3 is 10.5 Å². The molecule has 4 unspecified atom stereocenters. The van der Waals surface area contributed by atoms with E-state index in [1.54, 1.807) is 7.11 Å². The molecule has 0 radical (unpaired) electrons. The number of nitrogens with two attached hydrogens (primary N) is 1. The SMILES string of the molecule is COC(C(N)C1CCCC(S(C)(=O)=O)C1)C(C)(C)C. The lowest BCUT2D eigenvalue weighted by Gasteiger charge is -2.40. The van der Waals surface area contributed by atoms with E-state index in [0.29, 0.717) is 6.42 Å². The van der Waals surface area contributed by atoms with Crippen LogP contribution in [0.25, 0.3) is 0 Å². The highest BCUT2D eigenvalue weighted by atomic mass is 32.2. The van der Waals surface area contributed by atoms with Crippen molar-refractivity contribution in [3.05, 3.63) is 0 Å². The normalized spacial score (nSPS) is 28.9. The van der Waals surface area contributed by atoms with Gasteiger partial charge in [0.2, 0.25) is 0 Å². The van der Waals surface area contributed by atoms with Crippen LogP contribution in [-0.4, -0.2) is 39.2 Å². The van der Waals surface area contributed by atoms with Crippen LogP contribution in [-0.2, 0) is 14.6 Å². The molecule has 0 heterocycles. The van der Waals surface area contributed by atoms with E-state index in [1.165, 1.54) is 6.26 Å². The van der Waals surface area contributed by atoms with Crippen molar-refractivity contribution in [1.82, 2.24) is 0 Å². The number of hydrogen-bond donors (Lipinski definition) is 1. The first kappa shape index (κ1) is 16.9. The van der Waals surface area contributed by atoms with Gasteiger partial charge in [-0.05, 0) is 30.6 Å². The highest BCUT2D eigenvalue weighted by Gasteiger charge is 2.38. The Hall–Kier alpha value is -0.130. The second-order valence-electron chi connectivity index (χ2n) is 6.98. The number of rotatable bonds is 4. The molecular weight excluding hydrogens is 262 g/mol. The molecule has 1 rings (SSSR count). The minimum Gasteiger partial charge on any atom is -0.379 e. The van der Waals surface area contributed by atoms with Gasteiger partial charge in [-0.25, -0.2) is 8.42 Å². The summed E-state index contributed by atoms with van der Waals surface area (Å²) >= 11 is 0. The van der Waals surface area contributed by atoms with Crippen LogP contribution in [0.4, 0.5) is 0 Å². The standard InChI is InChI=1S/C14H29NO3S/c1-14(2,3)13(18-4)12(15)10-7-6-8-11(9-10)19(5,16)17/h10-13H,6-9,15H2,1-5H3. The van der Waals surface area contributed by atoms with E-state index >= 15 is 0 Å². The van der Waals surface area contributed by atoms with Crippen LogP contribution >= 0.6 is 0 Å². The first-order valence-corrected chi connectivity index (χ1v) is 9.00.